The summed E-state index contributed by atoms with van der Waals surface area (Å²) in [5.41, 5.74) is 2.74. The SMILES string of the molecule is Cc1ccc(CN=C(NCC(=O)N(C)C)NC2CCN(Cc3ccccc3)CC2)cc1F. The zero-order valence-electron chi connectivity index (χ0n) is 19.3. The molecule has 0 spiro atoms. The van der Waals surface area contributed by atoms with Crippen molar-refractivity contribution < 1.29 is 9.18 Å². The third kappa shape index (κ3) is 7.34. The lowest BCUT2D eigenvalue weighted by atomic mass is 10.0. The quantitative estimate of drug-likeness (QED) is 0.515. The minimum absolute atomic E-state index is 0.0291. The summed E-state index contributed by atoms with van der Waals surface area (Å²) in [6, 6.07) is 16.0. The van der Waals surface area contributed by atoms with Crippen LogP contribution in [0, 0.1) is 12.7 Å². The van der Waals surface area contributed by atoms with E-state index in [1.165, 1.54) is 11.6 Å². The van der Waals surface area contributed by atoms with Crippen molar-refractivity contribution in [2.24, 2.45) is 4.99 Å². The summed E-state index contributed by atoms with van der Waals surface area (Å²) < 4.78 is 13.9. The molecule has 0 radical (unpaired) electrons. The fraction of sp³-hybridized carbons (Fsp3) is 0.440. The van der Waals surface area contributed by atoms with E-state index in [1.807, 2.05) is 12.1 Å². The number of hydrogen-bond acceptors (Lipinski definition) is 3. The van der Waals surface area contributed by atoms with E-state index in [4.69, 9.17) is 0 Å². The van der Waals surface area contributed by atoms with Gasteiger partial charge in [0, 0.05) is 39.8 Å². The number of nitrogens with one attached hydrogen (secondary N) is 2. The number of hydrogen-bond donors (Lipinski definition) is 2. The lowest BCUT2D eigenvalue weighted by molar-refractivity contribution is -0.127. The number of piperidine rings is 1. The molecule has 0 saturated carbocycles. The molecule has 6 nitrogen and oxygen atoms in total. The number of halogens is 1. The van der Waals surface area contributed by atoms with Crippen molar-refractivity contribution in [2.75, 3.05) is 33.7 Å². The number of aliphatic imine (C=N–C) groups is 1. The summed E-state index contributed by atoms with van der Waals surface area (Å²) in [5, 5.41) is 6.61. The first-order valence-electron chi connectivity index (χ1n) is 11.2. The summed E-state index contributed by atoms with van der Waals surface area (Å²) in [6.45, 7) is 5.21. The minimum Gasteiger partial charge on any atom is -0.354 e. The summed E-state index contributed by atoms with van der Waals surface area (Å²) in [6.07, 6.45) is 1.99. The largest absolute Gasteiger partial charge is 0.354 e. The predicted octanol–water partition coefficient (Wildman–Crippen LogP) is 2.92. The number of aryl methyl sites for hydroxylation is 1. The number of rotatable bonds is 7. The highest BCUT2D eigenvalue weighted by Crippen LogP contribution is 2.14. The number of likely N-dealkylation sites (tertiary alicyclic amines) is 1. The van der Waals surface area contributed by atoms with Crippen LogP contribution in [0.1, 0.15) is 29.5 Å². The van der Waals surface area contributed by atoms with E-state index in [0.29, 0.717) is 18.1 Å². The van der Waals surface area contributed by atoms with Crippen LogP contribution in [0.25, 0.3) is 0 Å². The molecular weight excluding hydrogens is 405 g/mol. The molecule has 0 unspecified atom stereocenters. The van der Waals surface area contributed by atoms with Crippen molar-refractivity contribution in [1.82, 2.24) is 20.4 Å². The van der Waals surface area contributed by atoms with E-state index in [1.54, 1.807) is 32.0 Å². The molecule has 2 aromatic carbocycles. The molecule has 1 aliphatic rings. The Morgan fingerprint density at radius 3 is 2.50 bits per heavy atom. The van der Waals surface area contributed by atoms with E-state index in [9.17, 15) is 9.18 Å². The van der Waals surface area contributed by atoms with Crippen LogP contribution in [-0.4, -0.2) is 61.4 Å². The van der Waals surface area contributed by atoms with Gasteiger partial charge in [0.05, 0.1) is 13.1 Å². The average molecular weight is 440 g/mol. The monoisotopic (exact) mass is 439 g/mol. The summed E-state index contributed by atoms with van der Waals surface area (Å²) in [4.78, 5) is 20.7. The molecule has 1 amide bonds. The van der Waals surface area contributed by atoms with E-state index >= 15 is 0 Å². The Labute approximate surface area is 190 Å². The zero-order chi connectivity index (χ0) is 22.9. The van der Waals surface area contributed by atoms with Gasteiger partial charge >= 0.3 is 0 Å². The van der Waals surface area contributed by atoms with Crippen LogP contribution in [-0.2, 0) is 17.9 Å². The number of likely N-dealkylation sites (N-methyl/N-ethyl adjacent to an activating group) is 1. The maximum Gasteiger partial charge on any atom is 0.241 e. The minimum atomic E-state index is -0.228. The van der Waals surface area contributed by atoms with Crippen LogP contribution in [0.3, 0.4) is 0 Å². The van der Waals surface area contributed by atoms with E-state index in [2.05, 4.69) is 44.8 Å². The number of nitrogens with zero attached hydrogens (tertiary/aromatic N) is 3. The second-order valence-corrected chi connectivity index (χ2v) is 8.57. The molecule has 1 heterocycles. The normalized spacial score (nSPS) is 15.4. The second-order valence-electron chi connectivity index (χ2n) is 8.57. The first kappa shape index (κ1) is 23.7. The number of carbonyl (C=O) groups excluding carboxylic acids is 1. The van der Waals surface area contributed by atoms with Crippen molar-refractivity contribution in [3.8, 4) is 0 Å². The van der Waals surface area contributed by atoms with Crippen LogP contribution in [0.5, 0.6) is 0 Å². The predicted molar refractivity (Wildman–Crippen MR) is 127 cm³/mol. The van der Waals surface area contributed by atoms with Gasteiger partial charge in [0.1, 0.15) is 5.82 Å². The van der Waals surface area contributed by atoms with Gasteiger partial charge in [-0.3, -0.25) is 9.69 Å². The second kappa shape index (κ2) is 11.6. The van der Waals surface area contributed by atoms with Crippen molar-refractivity contribution in [3.63, 3.8) is 0 Å². The molecule has 7 heteroatoms. The Balaban J connectivity index is 1.57. The van der Waals surface area contributed by atoms with Crippen molar-refractivity contribution in [2.45, 2.75) is 38.9 Å². The van der Waals surface area contributed by atoms with Gasteiger partial charge in [-0.05, 0) is 42.5 Å². The lowest BCUT2D eigenvalue weighted by Gasteiger charge is -2.33. The van der Waals surface area contributed by atoms with Gasteiger partial charge in [-0.2, -0.15) is 0 Å². The van der Waals surface area contributed by atoms with Gasteiger partial charge in [0.25, 0.3) is 0 Å². The number of amides is 1. The van der Waals surface area contributed by atoms with E-state index in [-0.39, 0.29) is 24.3 Å². The smallest absolute Gasteiger partial charge is 0.241 e. The van der Waals surface area contributed by atoms with Crippen LogP contribution in [0.4, 0.5) is 4.39 Å². The zero-order valence-corrected chi connectivity index (χ0v) is 19.3. The van der Waals surface area contributed by atoms with Gasteiger partial charge in [-0.15, -0.1) is 0 Å². The maximum absolute atomic E-state index is 13.9. The topological polar surface area (TPSA) is 60.0 Å². The first-order valence-corrected chi connectivity index (χ1v) is 11.2. The molecular formula is C25H34FN5O. The van der Waals surface area contributed by atoms with Gasteiger partial charge in [-0.1, -0.05) is 42.5 Å². The van der Waals surface area contributed by atoms with Gasteiger partial charge in [-0.25, -0.2) is 9.38 Å². The number of carbonyl (C=O) groups is 1. The third-order valence-corrected chi connectivity index (χ3v) is 5.74. The summed E-state index contributed by atoms with van der Waals surface area (Å²) in [5.74, 6) is 0.329. The molecule has 3 rings (SSSR count). The highest BCUT2D eigenvalue weighted by molar-refractivity contribution is 5.86. The van der Waals surface area contributed by atoms with E-state index in [0.717, 1.165) is 38.0 Å². The lowest BCUT2D eigenvalue weighted by Crippen LogP contribution is -2.50. The van der Waals surface area contributed by atoms with Gasteiger partial charge < -0.3 is 15.5 Å². The average Bonchev–Trinajstić information content (AvgIpc) is 2.79. The Hall–Kier alpha value is -2.93. The van der Waals surface area contributed by atoms with Crippen LogP contribution in [0.15, 0.2) is 53.5 Å². The Morgan fingerprint density at radius 1 is 1.12 bits per heavy atom. The molecule has 1 aliphatic heterocycles. The highest BCUT2D eigenvalue weighted by atomic mass is 19.1. The number of benzene rings is 2. The molecule has 0 atom stereocenters. The van der Waals surface area contributed by atoms with Gasteiger partial charge in [0.15, 0.2) is 5.96 Å². The molecule has 32 heavy (non-hydrogen) atoms. The fourth-order valence-corrected chi connectivity index (χ4v) is 3.65. The Bertz CT molecular complexity index is 908. The maximum atomic E-state index is 13.9. The number of guanidine groups is 1. The van der Waals surface area contributed by atoms with Crippen LogP contribution >= 0.6 is 0 Å². The summed E-state index contributed by atoms with van der Waals surface area (Å²) >= 11 is 0. The first-order chi connectivity index (χ1) is 15.4. The Morgan fingerprint density at radius 2 is 1.84 bits per heavy atom. The molecule has 1 fully saturated rings. The Kier molecular flexibility index (Phi) is 8.62. The molecule has 0 aliphatic carbocycles. The molecule has 2 N–H and O–H groups in total. The fourth-order valence-electron chi connectivity index (χ4n) is 3.65. The third-order valence-electron chi connectivity index (χ3n) is 5.74. The molecule has 172 valence electrons. The summed E-state index contributed by atoms with van der Waals surface area (Å²) in [7, 11) is 3.46. The van der Waals surface area contributed by atoms with Crippen molar-refractivity contribution >= 4 is 11.9 Å². The molecule has 0 bridgehead atoms. The van der Waals surface area contributed by atoms with Crippen LogP contribution < -0.4 is 10.6 Å². The van der Waals surface area contributed by atoms with Gasteiger partial charge in [0.2, 0.25) is 5.91 Å². The molecule has 2 aromatic rings. The molecule has 0 aromatic heterocycles. The van der Waals surface area contributed by atoms with Crippen LogP contribution in [0.2, 0.25) is 0 Å². The standard InChI is InChI=1S/C25H34FN5O/c1-19-9-10-21(15-23(19)26)16-27-25(28-17-24(32)30(2)3)29-22-11-13-31(14-12-22)18-20-7-5-4-6-8-20/h4-10,15,22H,11-14,16-18H2,1-3H3,(H2,27,28,29). The van der Waals surface area contributed by atoms with Crippen molar-refractivity contribution in [1.29, 1.82) is 0 Å². The highest BCUT2D eigenvalue weighted by Gasteiger charge is 2.20. The van der Waals surface area contributed by atoms with E-state index < -0.39 is 0 Å². The van der Waals surface area contributed by atoms with Crippen molar-refractivity contribution in [3.05, 3.63) is 71.0 Å². The molecule has 1 saturated heterocycles.